The van der Waals surface area contributed by atoms with Crippen LogP contribution in [0.15, 0.2) is 53.4 Å². The zero-order valence-electron chi connectivity index (χ0n) is 12.5. The van der Waals surface area contributed by atoms with E-state index in [2.05, 4.69) is 10.8 Å². The molecule has 0 aromatic heterocycles. The van der Waals surface area contributed by atoms with Crippen molar-refractivity contribution in [2.45, 2.75) is 31.0 Å². The van der Waals surface area contributed by atoms with Gasteiger partial charge in [0.1, 0.15) is 0 Å². The SMILES string of the molecule is Cc1ccc(S(=O)(=O)NCC2Cc3ccccc3CO2)cc1. The lowest BCUT2D eigenvalue weighted by Crippen LogP contribution is -2.36. The Morgan fingerprint density at radius 2 is 1.77 bits per heavy atom. The second kappa shape index (κ2) is 6.20. The number of hydrogen-bond donors (Lipinski definition) is 1. The molecule has 0 spiro atoms. The van der Waals surface area contributed by atoms with Crippen molar-refractivity contribution >= 4 is 10.0 Å². The number of benzene rings is 2. The molecule has 116 valence electrons. The van der Waals surface area contributed by atoms with E-state index in [1.807, 2.05) is 25.1 Å². The van der Waals surface area contributed by atoms with E-state index >= 15 is 0 Å². The molecule has 1 heterocycles. The Bertz CT molecular complexity index is 754. The summed E-state index contributed by atoms with van der Waals surface area (Å²) < 4.78 is 32.9. The van der Waals surface area contributed by atoms with Gasteiger partial charge in [0.15, 0.2) is 0 Å². The van der Waals surface area contributed by atoms with Crippen LogP contribution in [0, 0.1) is 6.92 Å². The average Bonchev–Trinajstić information content (AvgIpc) is 2.53. The van der Waals surface area contributed by atoms with Crippen LogP contribution in [0.1, 0.15) is 16.7 Å². The van der Waals surface area contributed by atoms with Crippen molar-refractivity contribution in [3.8, 4) is 0 Å². The van der Waals surface area contributed by atoms with E-state index in [0.29, 0.717) is 6.61 Å². The highest BCUT2D eigenvalue weighted by Gasteiger charge is 2.21. The number of aryl methyl sites for hydroxylation is 1. The summed E-state index contributed by atoms with van der Waals surface area (Å²) in [4.78, 5) is 0.286. The molecular weight excluding hydrogens is 298 g/mol. The monoisotopic (exact) mass is 317 g/mol. The van der Waals surface area contributed by atoms with Crippen LogP contribution in [-0.2, 0) is 27.8 Å². The lowest BCUT2D eigenvalue weighted by atomic mass is 9.99. The smallest absolute Gasteiger partial charge is 0.240 e. The summed E-state index contributed by atoms with van der Waals surface area (Å²) in [6.07, 6.45) is 0.599. The van der Waals surface area contributed by atoms with Gasteiger partial charge in [0.2, 0.25) is 10.0 Å². The van der Waals surface area contributed by atoms with Crippen LogP contribution in [0.3, 0.4) is 0 Å². The lowest BCUT2D eigenvalue weighted by molar-refractivity contribution is 0.0322. The Kier molecular flexibility index (Phi) is 4.29. The fraction of sp³-hybridized carbons (Fsp3) is 0.294. The van der Waals surface area contributed by atoms with E-state index in [4.69, 9.17) is 4.74 Å². The second-order valence-electron chi connectivity index (χ2n) is 5.57. The highest BCUT2D eigenvalue weighted by atomic mass is 32.2. The number of sulfonamides is 1. The van der Waals surface area contributed by atoms with Crippen molar-refractivity contribution in [1.82, 2.24) is 4.72 Å². The van der Waals surface area contributed by atoms with Crippen LogP contribution in [0.4, 0.5) is 0 Å². The zero-order valence-corrected chi connectivity index (χ0v) is 13.3. The van der Waals surface area contributed by atoms with Gasteiger partial charge in [-0.25, -0.2) is 13.1 Å². The summed E-state index contributed by atoms with van der Waals surface area (Å²) >= 11 is 0. The highest BCUT2D eigenvalue weighted by Crippen LogP contribution is 2.20. The first-order valence-electron chi connectivity index (χ1n) is 7.29. The standard InChI is InChI=1S/C17H19NO3S/c1-13-6-8-17(9-7-13)22(19,20)18-11-16-10-14-4-2-3-5-15(14)12-21-16/h2-9,16,18H,10-12H2,1H3. The number of fused-ring (bicyclic) bond motifs is 1. The second-order valence-corrected chi connectivity index (χ2v) is 7.34. The van der Waals surface area contributed by atoms with Crippen LogP contribution in [0.25, 0.3) is 0 Å². The molecule has 1 N–H and O–H groups in total. The highest BCUT2D eigenvalue weighted by molar-refractivity contribution is 7.89. The molecule has 5 heteroatoms. The van der Waals surface area contributed by atoms with Gasteiger partial charge < -0.3 is 4.74 Å². The van der Waals surface area contributed by atoms with Crippen LogP contribution in [0.2, 0.25) is 0 Å². The van der Waals surface area contributed by atoms with E-state index < -0.39 is 10.0 Å². The molecule has 1 aliphatic heterocycles. The first kappa shape index (κ1) is 15.2. The predicted molar refractivity (Wildman–Crippen MR) is 85.1 cm³/mol. The fourth-order valence-corrected chi connectivity index (χ4v) is 3.61. The first-order valence-corrected chi connectivity index (χ1v) is 8.77. The number of hydrogen-bond acceptors (Lipinski definition) is 3. The molecule has 0 saturated carbocycles. The van der Waals surface area contributed by atoms with Gasteiger partial charge in [-0.15, -0.1) is 0 Å². The fourth-order valence-electron chi connectivity index (χ4n) is 2.54. The van der Waals surface area contributed by atoms with Crippen molar-refractivity contribution in [1.29, 1.82) is 0 Å². The molecule has 2 aromatic carbocycles. The minimum absolute atomic E-state index is 0.130. The van der Waals surface area contributed by atoms with Crippen LogP contribution >= 0.6 is 0 Å². The van der Waals surface area contributed by atoms with Gasteiger partial charge >= 0.3 is 0 Å². The van der Waals surface area contributed by atoms with Crippen molar-refractivity contribution in [3.05, 3.63) is 65.2 Å². The largest absolute Gasteiger partial charge is 0.372 e. The topological polar surface area (TPSA) is 55.4 Å². The van der Waals surface area contributed by atoms with Gasteiger partial charge in [-0.05, 0) is 30.2 Å². The third-order valence-corrected chi connectivity index (χ3v) is 5.31. The quantitative estimate of drug-likeness (QED) is 0.942. The maximum atomic E-state index is 12.3. The summed E-state index contributed by atoms with van der Waals surface area (Å²) in [6.45, 7) is 2.74. The summed E-state index contributed by atoms with van der Waals surface area (Å²) in [7, 11) is -3.48. The summed E-state index contributed by atoms with van der Waals surface area (Å²) in [5, 5.41) is 0. The van der Waals surface area contributed by atoms with Crippen molar-refractivity contribution in [2.75, 3.05) is 6.54 Å². The lowest BCUT2D eigenvalue weighted by Gasteiger charge is -2.25. The molecule has 0 fully saturated rings. The molecular formula is C17H19NO3S. The third kappa shape index (κ3) is 3.38. The van der Waals surface area contributed by atoms with Gasteiger partial charge in [0, 0.05) is 13.0 Å². The molecule has 2 aromatic rings. The maximum Gasteiger partial charge on any atom is 0.240 e. The normalized spacial score (nSPS) is 18.0. The van der Waals surface area contributed by atoms with Gasteiger partial charge in [0.25, 0.3) is 0 Å². The Morgan fingerprint density at radius 1 is 1.09 bits per heavy atom. The molecule has 3 rings (SSSR count). The Labute approximate surface area is 131 Å². The average molecular weight is 317 g/mol. The number of ether oxygens (including phenoxy) is 1. The Balaban J connectivity index is 1.64. The van der Waals surface area contributed by atoms with E-state index in [1.165, 1.54) is 11.1 Å². The van der Waals surface area contributed by atoms with Crippen LogP contribution in [0.5, 0.6) is 0 Å². The molecule has 0 aliphatic carbocycles. The summed E-state index contributed by atoms with van der Waals surface area (Å²) in [6, 6.07) is 14.9. The van der Waals surface area contributed by atoms with Crippen molar-refractivity contribution < 1.29 is 13.2 Å². The summed E-state index contributed by atoms with van der Waals surface area (Å²) in [5.74, 6) is 0. The predicted octanol–water partition coefficient (Wildman–Crippen LogP) is 2.41. The zero-order chi connectivity index (χ0) is 15.6. The van der Waals surface area contributed by atoms with Crippen molar-refractivity contribution in [2.24, 2.45) is 0 Å². The van der Waals surface area contributed by atoms with E-state index in [-0.39, 0.29) is 17.5 Å². The molecule has 0 bridgehead atoms. The molecule has 1 atom stereocenters. The van der Waals surface area contributed by atoms with Crippen LogP contribution < -0.4 is 4.72 Å². The van der Waals surface area contributed by atoms with E-state index in [1.54, 1.807) is 24.3 Å². The van der Waals surface area contributed by atoms with Crippen molar-refractivity contribution in [3.63, 3.8) is 0 Å². The van der Waals surface area contributed by atoms with Gasteiger partial charge in [0.05, 0.1) is 17.6 Å². The van der Waals surface area contributed by atoms with E-state index in [9.17, 15) is 8.42 Å². The van der Waals surface area contributed by atoms with Crippen LogP contribution in [-0.4, -0.2) is 21.1 Å². The molecule has 0 saturated heterocycles. The maximum absolute atomic E-state index is 12.3. The molecule has 0 amide bonds. The third-order valence-electron chi connectivity index (χ3n) is 3.87. The molecule has 0 radical (unpaired) electrons. The Hall–Kier alpha value is -1.69. The molecule has 1 aliphatic rings. The minimum Gasteiger partial charge on any atom is -0.372 e. The van der Waals surface area contributed by atoms with Gasteiger partial charge in [-0.1, -0.05) is 42.0 Å². The Morgan fingerprint density at radius 3 is 2.50 bits per heavy atom. The summed E-state index contributed by atoms with van der Waals surface area (Å²) in [5.41, 5.74) is 3.44. The van der Waals surface area contributed by atoms with E-state index in [0.717, 1.165) is 12.0 Å². The number of nitrogens with one attached hydrogen (secondary N) is 1. The minimum atomic E-state index is -3.48. The molecule has 1 unspecified atom stereocenters. The number of rotatable bonds is 4. The molecule has 22 heavy (non-hydrogen) atoms. The molecule has 4 nitrogen and oxygen atoms in total. The van der Waals surface area contributed by atoms with Gasteiger partial charge in [-0.2, -0.15) is 0 Å². The van der Waals surface area contributed by atoms with Gasteiger partial charge in [-0.3, -0.25) is 0 Å². The first-order chi connectivity index (χ1) is 10.5.